The topological polar surface area (TPSA) is 92.7 Å². The van der Waals surface area contributed by atoms with Crippen LogP contribution in [0.3, 0.4) is 0 Å². The standard InChI is InChI=1S/C20H24F2O6/c1-13(2)19(10-4-3-5-11-19)28-17(24)15-8-6-14(7-9-15)16(23)27-12-20(21,22)18(25)26/h6-9,13H,3-5,10-12H2,1-2H3,(H,25,26)/p-1. The number of carbonyl (C=O) groups excluding carboxylic acids is 3. The molecule has 1 aromatic rings. The van der Waals surface area contributed by atoms with Gasteiger partial charge in [0.05, 0.1) is 11.1 Å². The second-order valence-electron chi connectivity index (χ2n) is 7.32. The van der Waals surface area contributed by atoms with Crippen LogP contribution in [0, 0.1) is 5.92 Å². The van der Waals surface area contributed by atoms with Gasteiger partial charge in [-0.15, -0.1) is 0 Å². The predicted octanol–water partition coefficient (Wildman–Crippen LogP) is 2.74. The van der Waals surface area contributed by atoms with Crippen LogP contribution in [0.2, 0.25) is 0 Å². The molecule has 0 aromatic heterocycles. The minimum atomic E-state index is -4.27. The summed E-state index contributed by atoms with van der Waals surface area (Å²) in [5.41, 5.74) is -0.382. The van der Waals surface area contributed by atoms with Crippen molar-refractivity contribution in [3.8, 4) is 0 Å². The molecule has 0 amide bonds. The van der Waals surface area contributed by atoms with Crippen molar-refractivity contribution in [3.63, 3.8) is 0 Å². The first-order valence-electron chi connectivity index (χ1n) is 9.17. The Kier molecular flexibility index (Phi) is 6.74. The van der Waals surface area contributed by atoms with Crippen LogP contribution < -0.4 is 5.11 Å². The second-order valence-corrected chi connectivity index (χ2v) is 7.32. The summed E-state index contributed by atoms with van der Waals surface area (Å²) in [6, 6.07) is 5.15. The van der Waals surface area contributed by atoms with Crippen LogP contribution in [0.4, 0.5) is 8.78 Å². The van der Waals surface area contributed by atoms with Crippen LogP contribution in [0.15, 0.2) is 24.3 Å². The third-order valence-electron chi connectivity index (χ3n) is 5.09. The number of esters is 2. The van der Waals surface area contributed by atoms with Gasteiger partial charge in [0.2, 0.25) is 0 Å². The predicted molar refractivity (Wildman–Crippen MR) is 92.7 cm³/mol. The van der Waals surface area contributed by atoms with Crippen molar-refractivity contribution in [1.82, 2.24) is 0 Å². The van der Waals surface area contributed by atoms with E-state index in [0.717, 1.165) is 32.1 Å². The first-order valence-corrected chi connectivity index (χ1v) is 9.17. The number of rotatable bonds is 7. The number of benzene rings is 1. The van der Waals surface area contributed by atoms with Crippen LogP contribution in [-0.2, 0) is 14.3 Å². The van der Waals surface area contributed by atoms with E-state index in [-0.39, 0.29) is 17.0 Å². The Hall–Kier alpha value is -2.51. The molecule has 28 heavy (non-hydrogen) atoms. The molecule has 0 atom stereocenters. The average Bonchev–Trinajstić information content (AvgIpc) is 2.66. The monoisotopic (exact) mass is 397 g/mol. The maximum atomic E-state index is 12.9. The minimum Gasteiger partial charge on any atom is -0.544 e. The molecule has 8 heteroatoms. The van der Waals surface area contributed by atoms with Gasteiger partial charge in [0.15, 0.2) is 6.61 Å². The van der Waals surface area contributed by atoms with Gasteiger partial charge in [-0.2, -0.15) is 8.78 Å². The Morgan fingerprint density at radius 1 is 1.04 bits per heavy atom. The van der Waals surface area contributed by atoms with E-state index in [1.165, 1.54) is 24.3 Å². The SMILES string of the molecule is CC(C)C1(OC(=O)c2ccc(C(=O)OCC(F)(F)C(=O)[O-])cc2)CCCCC1. The number of hydrogen-bond acceptors (Lipinski definition) is 6. The molecule has 0 spiro atoms. The first-order chi connectivity index (χ1) is 13.1. The van der Waals surface area contributed by atoms with Crippen molar-refractivity contribution in [3.05, 3.63) is 35.4 Å². The van der Waals surface area contributed by atoms with Crippen LogP contribution in [0.25, 0.3) is 0 Å². The van der Waals surface area contributed by atoms with Gasteiger partial charge in [0.1, 0.15) is 11.6 Å². The molecule has 1 aliphatic rings. The van der Waals surface area contributed by atoms with Gasteiger partial charge in [0, 0.05) is 0 Å². The molecule has 1 aromatic carbocycles. The molecular weight excluding hydrogens is 374 g/mol. The Morgan fingerprint density at radius 2 is 1.54 bits per heavy atom. The number of aliphatic carboxylic acids is 1. The van der Waals surface area contributed by atoms with E-state index in [2.05, 4.69) is 4.74 Å². The third-order valence-corrected chi connectivity index (χ3v) is 5.09. The van der Waals surface area contributed by atoms with E-state index in [0.29, 0.717) is 0 Å². The fraction of sp³-hybridized carbons (Fsp3) is 0.550. The van der Waals surface area contributed by atoms with Crippen LogP contribution in [0.5, 0.6) is 0 Å². The van der Waals surface area contributed by atoms with Gasteiger partial charge >= 0.3 is 17.9 Å². The summed E-state index contributed by atoms with van der Waals surface area (Å²) in [4.78, 5) is 34.5. The van der Waals surface area contributed by atoms with E-state index in [1.807, 2.05) is 13.8 Å². The van der Waals surface area contributed by atoms with Gasteiger partial charge in [-0.25, -0.2) is 9.59 Å². The average molecular weight is 397 g/mol. The summed E-state index contributed by atoms with van der Waals surface area (Å²) in [5.74, 6) is -8.38. The Balaban J connectivity index is 2.02. The third kappa shape index (κ3) is 5.05. The van der Waals surface area contributed by atoms with Crippen molar-refractivity contribution in [2.45, 2.75) is 57.5 Å². The molecule has 1 aliphatic carbocycles. The molecule has 0 aliphatic heterocycles. The number of ether oxygens (including phenoxy) is 2. The zero-order valence-corrected chi connectivity index (χ0v) is 15.8. The second kappa shape index (κ2) is 8.67. The maximum Gasteiger partial charge on any atom is 0.338 e. The summed E-state index contributed by atoms with van der Waals surface area (Å²) in [7, 11) is 0. The summed E-state index contributed by atoms with van der Waals surface area (Å²) in [6.45, 7) is 2.40. The van der Waals surface area contributed by atoms with Gasteiger partial charge < -0.3 is 19.4 Å². The lowest BCUT2D eigenvalue weighted by Gasteiger charge is -2.40. The van der Waals surface area contributed by atoms with E-state index < -0.39 is 36.0 Å². The summed E-state index contributed by atoms with van der Waals surface area (Å²) in [6.07, 6.45) is 4.69. The summed E-state index contributed by atoms with van der Waals surface area (Å²) in [5, 5.41) is 10.2. The Bertz CT molecular complexity index is 721. The van der Waals surface area contributed by atoms with E-state index in [1.54, 1.807) is 0 Å². The maximum absolute atomic E-state index is 12.9. The number of halogens is 2. The highest BCUT2D eigenvalue weighted by molar-refractivity contribution is 5.93. The number of carbonyl (C=O) groups is 3. The lowest BCUT2D eigenvalue weighted by molar-refractivity contribution is -0.331. The number of carboxylic acid groups (broad SMARTS) is 1. The Labute approximate surface area is 161 Å². The molecule has 154 valence electrons. The van der Waals surface area contributed by atoms with Crippen molar-refractivity contribution in [1.29, 1.82) is 0 Å². The van der Waals surface area contributed by atoms with Gasteiger partial charge in [0.25, 0.3) is 0 Å². The van der Waals surface area contributed by atoms with Crippen molar-refractivity contribution < 1.29 is 37.7 Å². The number of hydrogen-bond donors (Lipinski definition) is 0. The number of alkyl halides is 2. The van der Waals surface area contributed by atoms with E-state index in [9.17, 15) is 28.3 Å². The van der Waals surface area contributed by atoms with Crippen LogP contribution >= 0.6 is 0 Å². The molecule has 0 radical (unpaired) electrons. The highest BCUT2D eigenvalue weighted by Gasteiger charge is 2.39. The molecular formula is C20H23F2O6-. The highest BCUT2D eigenvalue weighted by atomic mass is 19.3. The molecule has 0 bridgehead atoms. The zero-order chi connectivity index (χ0) is 20.9. The molecule has 1 fully saturated rings. The molecule has 6 nitrogen and oxygen atoms in total. The molecule has 1 saturated carbocycles. The molecule has 0 unspecified atom stereocenters. The quantitative estimate of drug-likeness (QED) is 0.657. The van der Waals surface area contributed by atoms with E-state index >= 15 is 0 Å². The van der Waals surface area contributed by atoms with Crippen molar-refractivity contribution in [2.24, 2.45) is 5.92 Å². The van der Waals surface area contributed by atoms with E-state index in [4.69, 9.17) is 4.74 Å². The lowest BCUT2D eigenvalue weighted by atomic mass is 9.77. The molecule has 2 rings (SSSR count). The lowest BCUT2D eigenvalue weighted by Crippen LogP contribution is -2.45. The minimum absolute atomic E-state index is 0.0954. The fourth-order valence-corrected chi connectivity index (χ4v) is 3.23. The van der Waals surface area contributed by atoms with Crippen LogP contribution in [-0.4, -0.2) is 36.0 Å². The van der Waals surface area contributed by atoms with Crippen molar-refractivity contribution in [2.75, 3.05) is 6.61 Å². The zero-order valence-electron chi connectivity index (χ0n) is 15.8. The van der Waals surface area contributed by atoms with Gasteiger partial charge in [-0.1, -0.05) is 20.3 Å². The van der Waals surface area contributed by atoms with Gasteiger partial charge in [-0.05, 0) is 55.9 Å². The highest BCUT2D eigenvalue weighted by Crippen LogP contribution is 2.38. The first kappa shape index (κ1) is 21.8. The normalized spacial score (nSPS) is 16.5. The summed E-state index contributed by atoms with van der Waals surface area (Å²) < 4.78 is 35.9. The number of carboxylic acids is 1. The largest absolute Gasteiger partial charge is 0.544 e. The Morgan fingerprint density at radius 3 is 2.00 bits per heavy atom. The van der Waals surface area contributed by atoms with Crippen LogP contribution in [0.1, 0.15) is 66.7 Å². The smallest absolute Gasteiger partial charge is 0.338 e. The fourth-order valence-electron chi connectivity index (χ4n) is 3.23. The molecule has 0 saturated heterocycles. The molecule has 0 heterocycles. The molecule has 0 N–H and O–H groups in total. The van der Waals surface area contributed by atoms with Gasteiger partial charge in [-0.3, -0.25) is 0 Å². The van der Waals surface area contributed by atoms with Crippen molar-refractivity contribution >= 4 is 17.9 Å². The summed E-state index contributed by atoms with van der Waals surface area (Å²) >= 11 is 0.